The minimum absolute atomic E-state index is 0.173. The predicted molar refractivity (Wildman–Crippen MR) is 201 cm³/mol. The molecule has 0 aromatic carbocycles. The molecule has 0 aromatic heterocycles. The van der Waals surface area contributed by atoms with Crippen molar-refractivity contribution >= 4 is 19.8 Å². The number of esters is 2. The molecule has 1 unspecified atom stereocenters. The van der Waals surface area contributed by atoms with Gasteiger partial charge in [-0.25, -0.2) is 4.57 Å². The molecule has 0 aliphatic heterocycles. The molecule has 0 spiro atoms. The van der Waals surface area contributed by atoms with Gasteiger partial charge in [-0.1, -0.05) is 128 Å². The molecule has 0 rings (SSSR count). The van der Waals surface area contributed by atoms with E-state index >= 15 is 0 Å². The Kier molecular flexibility index (Phi) is 34.7. The van der Waals surface area contributed by atoms with Crippen LogP contribution in [0.3, 0.4) is 0 Å². The van der Waals surface area contributed by atoms with Crippen LogP contribution in [0.1, 0.15) is 174 Å². The number of unbranched alkanes of at least 4 members (excludes halogenated alkanes) is 19. The summed E-state index contributed by atoms with van der Waals surface area (Å²) < 4.78 is 32.6. The number of hydrogen-bond acceptors (Lipinski definition) is 9. The molecule has 3 atom stereocenters. The van der Waals surface area contributed by atoms with Gasteiger partial charge < -0.3 is 24.6 Å². The first-order chi connectivity index (χ1) is 24.2. The molecule has 3 N–H and O–H groups in total. The second-order valence-electron chi connectivity index (χ2n) is 13.3. The third-order valence-electron chi connectivity index (χ3n) is 8.33. The maximum atomic E-state index is 12.5. The zero-order valence-electron chi connectivity index (χ0n) is 31.6. The molecule has 0 saturated heterocycles. The van der Waals surface area contributed by atoms with Gasteiger partial charge in [0, 0.05) is 12.8 Å². The van der Waals surface area contributed by atoms with E-state index in [1.165, 1.54) is 64.2 Å². The van der Waals surface area contributed by atoms with E-state index in [0.717, 1.165) is 70.6 Å². The summed E-state index contributed by atoms with van der Waals surface area (Å²) in [5.74, 6) is -0.945. The lowest BCUT2D eigenvalue weighted by molar-refractivity contribution is -0.161. The molecule has 0 fully saturated rings. The minimum atomic E-state index is -4.61. The number of ether oxygens (including phenoxy) is 2. The van der Waals surface area contributed by atoms with Crippen LogP contribution in [-0.4, -0.2) is 65.7 Å². The van der Waals surface area contributed by atoms with Crippen molar-refractivity contribution in [2.45, 2.75) is 187 Å². The molecule has 294 valence electrons. The van der Waals surface area contributed by atoms with Crippen LogP contribution in [-0.2, 0) is 32.7 Å². The number of aliphatic hydroxyl groups excluding tert-OH is 2. The van der Waals surface area contributed by atoms with Crippen molar-refractivity contribution in [3.05, 3.63) is 24.3 Å². The standard InChI is InChI=1S/C39H73O10P/c1-3-5-7-9-11-13-15-16-17-18-19-21-22-24-26-28-30-38(42)46-34-37(35-48-50(44,45)47-33-36(41)32-40)49-39(43)31-29-27-25-23-20-14-12-10-8-6-4-2/h10,12,17-18,36-37,40-41H,3-9,11,13-16,19-35H2,1-2H3,(H,44,45)/b12-10-,18-17-/t36-,37+/m0/s1. The smallest absolute Gasteiger partial charge is 0.462 e. The Morgan fingerprint density at radius 3 is 1.50 bits per heavy atom. The molecular weight excluding hydrogens is 659 g/mol. The van der Waals surface area contributed by atoms with Gasteiger partial charge >= 0.3 is 19.8 Å². The highest BCUT2D eigenvalue weighted by Gasteiger charge is 2.27. The topological polar surface area (TPSA) is 149 Å². The Labute approximate surface area is 304 Å². The summed E-state index contributed by atoms with van der Waals surface area (Å²) in [6.45, 7) is 2.31. The number of aliphatic hydroxyl groups is 2. The van der Waals surface area contributed by atoms with E-state index in [1.807, 2.05) is 0 Å². The van der Waals surface area contributed by atoms with Crippen LogP contribution >= 0.6 is 7.82 Å². The third-order valence-corrected chi connectivity index (χ3v) is 9.28. The zero-order valence-corrected chi connectivity index (χ0v) is 32.5. The molecule has 10 nitrogen and oxygen atoms in total. The van der Waals surface area contributed by atoms with Crippen LogP contribution in [0.15, 0.2) is 24.3 Å². The molecule has 0 saturated carbocycles. The first kappa shape index (κ1) is 48.5. The molecule has 11 heteroatoms. The summed E-state index contributed by atoms with van der Waals surface area (Å²) >= 11 is 0. The number of phosphoric acid groups is 1. The molecular formula is C39H73O10P. The summed E-state index contributed by atoms with van der Waals surface area (Å²) in [4.78, 5) is 34.8. The Morgan fingerprint density at radius 2 is 1.00 bits per heavy atom. The van der Waals surface area contributed by atoms with Crippen LogP contribution in [0.5, 0.6) is 0 Å². The quantitative estimate of drug-likeness (QED) is 0.0244. The largest absolute Gasteiger partial charge is 0.472 e. The number of allylic oxidation sites excluding steroid dienone is 4. The van der Waals surface area contributed by atoms with E-state index in [0.29, 0.717) is 12.8 Å². The van der Waals surface area contributed by atoms with Crippen molar-refractivity contribution in [2.75, 3.05) is 26.4 Å². The SMILES string of the molecule is CCCC/C=C\CCCCCCCC(=O)O[C@H](COC(=O)CCCCCCC/C=C\CCCCCCCCC)COP(=O)(O)OC[C@@H](O)CO. The lowest BCUT2D eigenvalue weighted by Gasteiger charge is -2.20. The van der Waals surface area contributed by atoms with Gasteiger partial charge in [0.05, 0.1) is 19.8 Å². The fourth-order valence-electron chi connectivity index (χ4n) is 5.20. The molecule has 0 aromatic rings. The lowest BCUT2D eigenvalue weighted by atomic mass is 10.1. The maximum absolute atomic E-state index is 12.5. The fraction of sp³-hybridized carbons (Fsp3) is 0.846. The Morgan fingerprint density at radius 1 is 0.580 bits per heavy atom. The normalized spacial score (nSPS) is 14.3. The van der Waals surface area contributed by atoms with Gasteiger partial charge in [-0.2, -0.15) is 0 Å². The van der Waals surface area contributed by atoms with Crippen LogP contribution in [0.2, 0.25) is 0 Å². The van der Waals surface area contributed by atoms with Gasteiger partial charge in [0.15, 0.2) is 6.10 Å². The number of carbonyl (C=O) groups is 2. The van der Waals surface area contributed by atoms with Crippen molar-refractivity contribution in [2.24, 2.45) is 0 Å². The predicted octanol–water partition coefficient (Wildman–Crippen LogP) is 9.83. The second-order valence-corrected chi connectivity index (χ2v) is 14.8. The van der Waals surface area contributed by atoms with E-state index in [-0.39, 0.29) is 19.4 Å². The Bertz CT molecular complexity index is 894. The van der Waals surface area contributed by atoms with Gasteiger partial charge in [-0.3, -0.25) is 18.6 Å². The molecule has 0 aliphatic carbocycles. The second kappa shape index (κ2) is 35.8. The molecule has 0 aliphatic rings. The molecule has 0 bridgehead atoms. The van der Waals surface area contributed by atoms with E-state index in [9.17, 15) is 24.2 Å². The monoisotopic (exact) mass is 732 g/mol. The van der Waals surface area contributed by atoms with Gasteiger partial charge in [0.1, 0.15) is 12.7 Å². The Hall–Kier alpha value is -1.55. The number of rotatable bonds is 37. The molecule has 0 radical (unpaired) electrons. The van der Waals surface area contributed by atoms with E-state index in [1.54, 1.807) is 0 Å². The van der Waals surface area contributed by atoms with Gasteiger partial charge in [0.2, 0.25) is 0 Å². The summed E-state index contributed by atoms with van der Waals surface area (Å²) in [6.07, 6.45) is 32.9. The van der Waals surface area contributed by atoms with Crippen LogP contribution in [0, 0.1) is 0 Å². The van der Waals surface area contributed by atoms with Crippen molar-refractivity contribution in [1.29, 1.82) is 0 Å². The van der Waals surface area contributed by atoms with Crippen molar-refractivity contribution in [1.82, 2.24) is 0 Å². The fourth-order valence-corrected chi connectivity index (χ4v) is 5.99. The first-order valence-electron chi connectivity index (χ1n) is 19.8. The average molecular weight is 733 g/mol. The number of phosphoric ester groups is 1. The summed E-state index contributed by atoms with van der Waals surface area (Å²) in [5.41, 5.74) is 0. The van der Waals surface area contributed by atoms with E-state index < -0.39 is 51.8 Å². The van der Waals surface area contributed by atoms with Crippen molar-refractivity contribution in [3.8, 4) is 0 Å². The van der Waals surface area contributed by atoms with E-state index in [2.05, 4.69) is 42.7 Å². The highest BCUT2D eigenvalue weighted by molar-refractivity contribution is 7.47. The maximum Gasteiger partial charge on any atom is 0.472 e. The first-order valence-corrected chi connectivity index (χ1v) is 21.3. The zero-order chi connectivity index (χ0) is 37.0. The van der Waals surface area contributed by atoms with Crippen LogP contribution < -0.4 is 0 Å². The highest BCUT2D eigenvalue weighted by Crippen LogP contribution is 2.43. The van der Waals surface area contributed by atoms with Crippen molar-refractivity contribution < 1.29 is 47.8 Å². The average Bonchev–Trinajstić information content (AvgIpc) is 3.10. The molecule has 0 amide bonds. The van der Waals surface area contributed by atoms with Crippen molar-refractivity contribution in [3.63, 3.8) is 0 Å². The van der Waals surface area contributed by atoms with Crippen LogP contribution in [0.25, 0.3) is 0 Å². The van der Waals surface area contributed by atoms with Gasteiger partial charge in [-0.15, -0.1) is 0 Å². The molecule has 0 heterocycles. The minimum Gasteiger partial charge on any atom is -0.462 e. The third kappa shape index (κ3) is 34.9. The highest BCUT2D eigenvalue weighted by atomic mass is 31.2. The summed E-state index contributed by atoms with van der Waals surface area (Å²) in [7, 11) is -4.61. The molecule has 50 heavy (non-hydrogen) atoms. The number of hydrogen-bond donors (Lipinski definition) is 3. The van der Waals surface area contributed by atoms with Gasteiger partial charge in [-0.05, 0) is 57.8 Å². The lowest BCUT2D eigenvalue weighted by Crippen LogP contribution is -2.29. The van der Waals surface area contributed by atoms with E-state index in [4.69, 9.17) is 19.1 Å². The Balaban J connectivity index is 4.33. The van der Waals surface area contributed by atoms with Gasteiger partial charge in [0.25, 0.3) is 0 Å². The summed E-state index contributed by atoms with van der Waals surface area (Å²) in [5, 5.41) is 18.3. The number of carbonyl (C=O) groups excluding carboxylic acids is 2. The summed E-state index contributed by atoms with van der Waals surface area (Å²) in [6, 6.07) is 0. The van der Waals surface area contributed by atoms with Crippen LogP contribution in [0.4, 0.5) is 0 Å².